The number of benzene rings is 1. The molecule has 0 aliphatic carbocycles. The fraction of sp³-hybridized carbons (Fsp3) is 0.353. The maximum Gasteiger partial charge on any atom is 0.137 e. The molecule has 1 aliphatic rings. The first-order valence-electron chi connectivity index (χ1n) is 8.15. The third-order valence-electron chi connectivity index (χ3n) is 4.45. The second kappa shape index (κ2) is 6.52. The number of hydrogen-bond donors (Lipinski definition) is 0. The lowest BCUT2D eigenvalue weighted by atomic mass is 10.2. The van der Waals surface area contributed by atoms with Gasteiger partial charge in [0.25, 0.3) is 0 Å². The molecule has 1 aromatic carbocycles. The van der Waals surface area contributed by atoms with Gasteiger partial charge in [0.15, 0.2) is 0 Å². The molecule has 1 atom stereocenters. The summed E-state index contributed by atoms with van der Waals surface area (Å²) in [7, 11) is 0. The lowest BCUT2D eigenvalue weighted by Gasteiger charge is -2.23. The zero-order chi connectivity index (χ0) is 16.4. The van der Waals surface area contributed by atoms with Crippen molar-refractivity contribution >= 4 is 0 Å². The molecule has 7 heteroatoms. The molecule has 6 nitrogen and oxygen atoms in total. The van der Waals surface area contributed by atoms with Crippen molar-refractivity contribution in [1.29, 1.82) is 0 Å². The average molecular weight is 326 g/mol. The van der Waals surface area contributed by atoms with Crippen LogP contribution in [0.5, 0.6) is 0 Å². The molecule has 0 radical (unpaired) electrons. The van der Waals surface area contributed by atoms with Crippen LogP contribution in [0.2, 0.25) is 0 Å². The summed E-state index contributed by atoms with van der Waals surface area (Å²) >= 11 is 0. The van der Waals surface area contributed by atoms with Gasteiger partial charge in [0.1, 0.15) is 18.5 Å². The van der Waals surface area contributed by atoms with E-state index in [0.717, 1.165) is 37.4 Å². The lowest BCUT2D eigenvalue weighted by molar-refractivity contribution is 0.216. The second-order valence-electron chi connectivity index (χ2n) is 6.12. The minimum absolute atomic E-state index is 0.253. The van der Waals surface area contributed by atoms with E-state index in [1.54, 1.807) is 23.4 Å². The number of hydrogen-bond acceptors (Lipinski definition) is 4. The van der Waals surface area contributed by atoms with Gasteiger partial charge in [-0.25, -0.2) is 14.1 Å². The molecule has 0 saturated carbocycles. The molecule has 24 heavy (non-hydrogen) atoms. The van der Waals surface area contributed by atoms with Crippen molar-refractivity contribution in [2.24, 2.45) is 0 Å². The largest absolute Gasteiger partial charge is 0.293 e. The predicted molar refractivity (Wildman–Crippen MR) is 87.0 cm³/mol. The highest BCUT2D eigenvalue weighted by Crippen LogP contribution is 2.21. The second-order valence-corrected chi connectivity index (χ2v) is 6.12. The molecule has 0 amide bonds. The predicted octanol–water partition coefficient (Wildman–Crippen LogP) is 2.27. The van der Waals surface area contributed by atoms with Gasteiger partial charge in [-0.3, -0.25) is 9.58 Å². The van der Waals surface area contributed by atoms with Crippen molar-refractivity contribution in [2.75, 3.05) is 6.54 Å². The molecule has 0 bridgehead atoms. The van der Waals surface area contributed by atoms with E-state index >= 15 is 0 Å². The lowest BCUT2D eigenvalue weighted by Crippen LogP contribution is -2.32. The Balaban J connectivity index is 1.45. The van der Waals surface area contributed by atoms with Crippen LogP contribution in [0, 0.1) is 5.82 Å². The molecule has 0 unspecified atom stereocenters. The SMILES string of the molecule is Fc1cccc(-n2ccc(CN3CCC[C@@H]3Cn3cncn3)n2)c1. The standard InChI is InChI=1S/C17H19FN6/c18-14-3-1-4-16(9-14)24-8-6-15(21-24)10-22-7-2-5-17(22)11-23-13-19-12-20-23/h1,3-4,6,8-9,12-13,17H,2,5,7,10-11H2/t17-/m1/s1. The van der Waals surface area contributed by atoms with Gasteiger partial charge in [-0.2, -0.15) is 10.2 Å². The van der Waals surface area contributed by atoms with Gasteiger partial charge in [0, 0.05) is 18.8 Å². The number of rotatable bonds is 5. The fourth-order valence-corrected chi connectivity index (χ4v) is 3.27. The highest BCUT2D eigenvalue weighted by atomic mass is 19.1. The van der Waals surface area contributed by atoms with E-state index in [-0.39, 0.29) is 5.82 Å². The van der Waals surface area contributed by atoms with Gasteiger partial charge in [-0.15, -0.1) is 0 Å². The first-order valence-corrected chi connectivity index (χ1v) is 8.15. The van der Waals surface area contributed by atoms with Gasteiger partial charge >= 0.3 is 0 Å². The zero-order valence-corrected chi connectivity index (χ0v) is 13.3. The topological polar surface area (TPSA) is 51.8 Å². The van der Waals surface area contributed by atoms with Gasteiger partial charge < -0.3 is 0 Å². The normalized spacial score (nSPS) is 18.3. The Kier molecular flexibility index (Phi) is 4.08. The molecular formula is C17H19FN6. The van der Waals surface area contributed by atoms with E-state index in [1.165, 1.54) is 18.6 Å². The molecule has 4 rings (SSSR count). The quantitative estimate of drug-likeness (QED) is 0.722. The number of nitrogens with zero attached hydrogens (tertiary/aromatic N) is 6. The van der Waals surface area contributed by atoms with Crippen LogP contribution in [0.1, 0.15) is 18.5 Å². The number of halogens is 1. The Labute approximate surface area is 139 Å². The van der Waals surface area contributed by atoms with Gasteiger partial charge in [0.05, 0.1) is 17.9 Å². The summed E-state index contributed by atoms with van der Waals surface area (Å²) in [5.74, 6) is -0.253. The van der Waals surface area contributed by atoms with Crippen LogP contribution >= 0.6 is 0 Å². The van der Waals surface area contributed by atoms with Crippen LogP contribution in [0.3, 0.4) is 0 Å². The molecule has 0 spiro atoms. The van der Waals surface area contributed by atoms with Crippen LogP contribution in [0.25, 0.3) is 5.69 Å². The van der Waals surface area contributed by atoms with Crippen molar-refractivity contribution in [3.8, 4) is 5.69 Å². The van der Waals surface area contributed by atoms with Crippen LogP contribution in [0.15, 0.2) is 49.2 Å². The van der Waals surface area contributed by atoms with Crippen LogP contribution in [-0.2, 0) is 13.1 Å². The minimum Gasteiger partial charge on any atom is -0.293 e. The Morgan fingerprint density at radius 1 is 1.25 bits per heavy atom. The number of likely N-dealkylation sites (tertiary alicyclic amines) is 1. The molecule has 2 aromatic heterocycles. The van der Waals surface area contributed by atoms with Crippen molar-refractivity contribution in [3.63, 3.8) is 0 Å². The molecule has 3 aromatic rings. The molecule has 1 fully saturated rings. The average Bonchev–Trinajstić information content (AvgIpc) is 3.32. The highest BCUT2D eigenvalue weighted by Gasteiger charge is 2.25. The summed E-state index contributed by atoms with van der Waals surface area (Å²) in [6.45, 7) is 2.71. The van der Waals surface area contributed by atoms with Crippen molar-refractivity contribution in [2.45, 2.75) is 32.0 Å². The summed E-state index contributed by atoms with van der Waals surface area (Å²) in [5.41, 5.74) is 1.73. The maximum absolute atomic E-state index is 13.4. The first kappa shape index (κ1) is 15.0. The molecule has 124 valence electrons. The van der Waals surface area contributed by atoms with Crippen LogP contribution in [0.4, 0.5) is 4.39 Å². The summed E-state index contributed by atoms with van der Waals surface area (Å²) in [6.07, 6.45) is 7.55. The van der Waals surface area contributed by atoms with E-state index in [2.05, 4.69) is 20.1 Å². The van der Waals surface area contributed by atoms with Gasteiger partial charge in [0.2, 0.25) is 0 Å². The van der Waals surface area contributed by atoms with E-state index in [9.17, 15) is 4.39 Å². The van der Waals surface area contributed by atoms with E-state index in [0.29, 0.717) is 6.04 Å². The Hall–Kier alpha value is -2.54. The summed E-state index contributed by atoms with van der Waals surface area (Å²) in [5, 5.41) is 8.79. The number of aromatic nitrogens is 5. The monoisotopic (exact) mass is 326 g/mol. The first-order chi connectivity index (χ1) is 11.8. The molecule has 1 aliphatic heterocycles. The fourth-order valence-electron chi connectivity index (χ4n) is 3.27. The third kappa shape index (κ3) is 3.21. The Morgan fingerprint density at radius 3 is 3.04 bits per heavy atom. The van der Waals surface area contributed by atoms with Gasteiger partial charge in [-0.05, 0) is 43.7 Å². The van der Waals surface area contributed by atoms with Gasteiger partial charge in [-0.1, -0.05) is 6.07 Å². The smallest absolute Gasteiger partial charge is 0.137 e. The summed E-state index contributed by atoms with van der Waals surface area (Å²) < 4.78 is 17.0. The minimum atomic E-state index is -0.253. The molecule has 0 N–H and O–H groups in total. The Bertz CT molecular complexity index is 797. The Morgan fingerprint density at radius 2 is 2.21 bits per heavy atom. The highest BCUT2D eigenvalue weighted by molar-refractivity contribution is 5.31. The van der Waals surface area contributed by atoms with Crippen molar-refractivity contribution in [3.05, 3.63) is 60.7 Å². The van der Waals surface area contributed by atoms with Crippen molar-refractivity contribution in [1.82, 2.24) is 29.4 Å². The van der Waals surface area contributed by atoms with E-state index in [4.69, 9.17) is 0 Å². The maximum atomic E-state index is 13.4. The van der Waals surface area contributed by atoms with Crippen LogP contribution in [-0.4, -0.2) is 42.0 Å². The molecular weight excluding hydrogens is 307 g/mol. The van der Waals surface area contributed by atoms with E-state index in [1.807, 2.05) is 23.0 Å². The molecule has 3 heterocycles. The van der Waals surface area contributed by atoms with E-state index < -0.39 is 0 Å². The third-order valence-corrected chi connectivity index (χ3v) is 4.45. The zero-order valence-electron chi connectivity index (χ0n) is 13.3. The van der Waals surface area contributed by atoms with Crippen LogP contribution < -0.4 is 0 Å². The summed E-state index contributed by atoms with van der Waals surface area (Å²) in [6, 6.07) is 8.91. The van der Waals surface area contributed by atoms with Crippen molar-refractivity contribution < 1.29 is 4.39 Å². The summed E-state index contributed by atoms with van der Waals surface area (Å²) in [4.78, 5) is 6.43. The molecule has 1 saturated heterocycles.